The number of fused-ring (bicyclic) bond motifs is 1. The average Bonchev–Trinajstić information content (AvgIpc) is 2.96. The molecule has 13 heteroatoms. The van der Waals surface area contributed by atoms with E-state index in [1.165, 1.54) is 35.5 Å². The van der Waals surface area contributed by atoms with Gasteiger partial charge in [0.25, 0.3) is 0 Å². The smallest absolute Gasteiger partial charge is 0.303 e. The van der Waals surface area contributed by atoms with Crippen molar-refractivity contribution >= 4 is 48.7 Å². The van der Waals surface area contributed by atoms with Crippen LogP contribution in [0, 0.1) is 0 Å². The number of aryl methyl sites for hydroxylation is 1. The van der Waals surface area contributed by atoms with Crippen LogP contribution >= 0.6 is 0 Å². The molecule has 35 heavy (non-hydrogen) atoms. The number of carbonyl (C=O) groups is 1. The van der Waals surface area contributed by atoms with Crippen molar-refractivity contribution in [2.24, 2.45) is 7.05 Å². The summed E-state index contributed by atoms with van der Waals surface area (Å²) in [7, 11) is -5.55. The zero-order chi connectivity index (χ0) is 25.4. The van der Waals surface area contributed by atoms with Crippen LogP contribution in [0.15, 0.2) is 53.4 Å². The van der Waals surface area contributed by atoms with Gasteiger partial charge in [-0.05, 0) is 36.4 Å². The molecule has 0 bridgehead atoms. The summed E-state index contributed by atoms with van der Waals surface area (Å²) in [6.07, 6.45) is 0.302. The molecule has 0 saturated carbocycles. The maximum atomic E-state index is 13.4. The van der Waals surface area contributed by atoms with Crippen molar-refractivity contribution in [3.8, 4) is 0 Å². The lowest BCUT2D eigenvalue weighted by molar-refractivity contribution is -0.146. The minimum Gasteiger partial charge on any atom is -0.459 e. The predicted octanol–water partition coefficient (Wildman–Crippen LogP) is 1.39. The first-order valence-corrected chi connectivity index (χ1v) is 14.2. The molecule has 0 spiro atoms. The van der Waals surface area contributed by atoms with Gasteiger partial charge in [0.1, 0.15) is 6.10 Å². The van der Waals surface area contributed by atoms with Crippen molar-refractivity contribution in [1.82, 2.24) is 13.9 Å². The van der Waals surface area contributed by atoms with Gasteiger partial charge < -0.3 is 14.2 Å². The molecule has 0 radical (unpaired) electrons. The number of ether oxygens (including phenoxy) is 1. The highest BCUT2D eigenvalue weighted by Crippen LogP contribution is 2.25. The first kappa shape index (κ1) is 24.9. The molecule has 3 aromatic rings. The summed E-state index contributed by atoms with van der Waals surface area (Å²) in [5, 5.41) is 0. The Hall–Kier alpha value is -3.16. The molecular formula is C22H27N5O6S2. The molecule has 1 saturated heterocycles. The quantitative estimate of drug-likeness (QED) is 0.482. The molecule has 2 aromatic carbocycles. The number of aromatic nitrogens is 2. The number of rotatable bonds is 6. The monoisotopic (exact) mass is 521 g/mol. The van der Waals surface area contributed by atoms with Crippen molar-refractivity contribution < 1.29 is 26.4 Å². The standard InChI is InChI=1S/C22H27N5O6S2/c1-16(28)33-18-14-26(22-23-20-6-4-5-7-21(20)25(22)2)12-13-27(15-18)35(31,32)19-10-8-17(9-11-19)24-34(3,29)30/h4-11,18,24H,12-15H2,1-3H3. The number of benzene rings is 2. The summed E-state index contributed by atoms with van der Waals surface area (Å²) in [6, 6.07) is 13.1. The van der Waals surface area contributed by atoms with E-state index in [0.29, 0.717) is 12.5 Å². The van der Waals surface area contributed by atoms with E-state index in [2.05, 4.69) is 4.72 Å². The van der Waals surface area contributed by atoms with E-state index in [1.807, 2.05) is 40.8 Å². The molecule has 4 rings (SSSR count). The molecule has 1 unspecified atom stereocenters. The van der Waals surface area contributed by atoms with Gasteiger partial charge in [-0.15, -0.1) is 0 Å². The van der Waals surface area contributed by atoms with Crippen LogP contribution in [0.3, 0.4) is 0 Å². The average molecular weight is 522 g/mol. The van der Waals surface area contributed by atoms with E-state index in [-0.39, 0.29) is 30.2 Å². The van der Waals surface area contributed by atoms with Crippen LogP contribution in [0.4, 0.5) is 11.6 Å². The number of nitrogens with zero attached hydrogens (tertiary/aromatic N) is 4. The number of anilines is 2. The van der Waals surface area contributed by atoms with Crippen LogP contribution in [0.25, 0.3) is 11.0 Å². The van der Waals surface area contributed by atoms with E-state index in [1.54, 1.807) is 0 Å². The Kier molecular flexibility index (Phi) is 6.75. The maximum absolute atomic E-state index is 13.4. The molecule has 1 aliphatic rings. The van der Waals surface area contributed by atoms with Crippen molar-refractivity contribution in [2.45, 2.75) is 17.9 Å². The fourth-order valence-corrected chi connectivity index (χ4v) is 6.16. The minimum absolute atomic E-state index is 0.00862. The molecule has 1 aliphatic heterocycles. The third-order valence-corrected chi connectivity index (χ3v) is 8.11. The second kappa shape index (κ2) is 9.47. The number of carbonyl (C=O) groups excluding carboxylic acids is 1. The van der Waals surface area contributed by atoms with Gasteiger partial charge >= 0.3 is 5.97 Å². The Morgan fingerprint density at radius 2 is 1.71 bits per heavy atom. The van der Waals surface area contributed by atoms with E-state index in [0.717, 1.165) is 17.3 Å². The summed E-state index contributed by atoms with van der Waals surface area (Å²) < 4.78 is 60.7. The van der Waals surface area contributed by atoms with Gasteiger partial charge in [-0.3, -0.25) is 9.52 Å². The van der Waals surface area contributed by atoms with Gasteiger partial charge in [0.15, 0.2) is 0 Å². The third-order valence-electron chi connectivity index (χ3n) is 5.62. The van der Waals surface area contributed by atoms with Crippen molar-refractivity contribution in [3.05, 3.63) is 48.5 Å². The van der Waals surface area contributed by atoms with Crippen LogP contribution in [0.1, 0.15) is 6.92 Å². The summed E-state index contributed by atoms with van der Waals surface area (Å²) >= 11 is 0. The fourth-order valence-electron chi connectivity index (χ4n) is 4.13. The summed E-state index contributed by atoms with van der Waals surface area (Å²) in [4.78, 5) is 18.4. The van der Waals surface area contributed by atoms with Crippen LogP contribution in [-0.2, 0) is 36.6 Å². The second-order valence-corrected chi connectivity index (χ2v) is 12.1. The Bertz CT molecular complexity index is 1450. The molecule has 1 aromatic heterocycles. The van der Waals surface area contributed by atoms with Gasteiger partial charge in [0, 0.05) is 32.7 Å². The van der Waals surface area contributed by atoms with Crippen LogP contribution in [-0.4, -0.2) is 75.2 Å². The largest absolute Gasteiger partial charge is 0.459 e. The Balaban J connectivity index is 1.62. The zero-order valence-electron chi connectivity index (χ0n) is 19.6. The maximum Gasteiger partial charge on any atom is 0.303 e. The topological polar surface area (TPSA) is 131 Å². The molecule has 1 N–H and O–H groups in total. The van der Waals surface area contributed by atoms with Crippen molar-refractivity contribution in [2.75, 3.05) is 42.1 Å². The van der Waals surface area contributed by atoms with Crippen molar-refractivity contribution in [1.29, 1.82) is 0 Å². The van der Waals surface area contributed by atoms with E-state index >= 15 is 0 Å². The number of sulfonamides is 2. The number of nitrogens with one attached hydrogen (secondary N) is 1. The molecule has 11 nitrogen and oxygen atoms in total. The SMILES string of the molecule is CC(=O)OC1CN(c2nc3ccccc3n2C)CCN(S(=O)(=O)c2ccc(NS(C)(=O)=O)cc2)C1. The first-order chi connectivity index (χ1) is 16.4. The fraction of sp³-hybridized carbons (Fsp3) is 0.364. The van der Waals surface area contributed by atoms with Crippen molar-refractivity contribution in [3.63, 3.8) is 0 Å². The minimum atomic E-state index is -3.94. The van der Waals surface area contributed by atoms with Crippen LogP contribution < -0.4 is 9.62 Å². The lowest BCUT2D eigenvalue weighted by Crippen LogP contribution is -2.39. The van der Waals surface area contributed by atoms with Crippen LogP contribution in [0.5, 0.6) is 0 Å². The van der Waals surface area contributed by atoms with Gasteiger partial charge in [-0.1, -0.05) is 12.1 Å². The normalized spacial score (nSPS) is 17.8. The number of hydrogen-bond acceptors (Lipinski definition) is 8. The number of hydrogen-bond donors (Lipinski definition) is 1. The van der Waals surface area contributed by atoms with Gasteiger partial charge in [0.05, 0.1) is 35.3 Å². The molecule has 1 fully saturated rings. The summed E-state index contributed by atoms with van der Waals surface area (Å²) in [5.41, 5.74) is 2.00. The lowest BCUT2D eigenvalue weighted by atomic mass is 10.3. The zero-order valence-corrected chi connectivity index (χ0v) is 21.2. The second-order valence-electron chi connectivity index (χ2n) is 8.40. The number of esters is 1. The molecule has 2 heterocycles. The van der Waals surface area contributed by atoms with E-state index in [4.69, 9.17) is 9.72 Å². The molecule has 188 valence electrons. The highest BCUT2D eigenvalue weighted by atomic mass is 32.2. The third kappa shape index (κ3) is 5.57. The molecular weight excluding hydrogens is 494 g/mol. The summed E-state index contributed by atoms with van der Waals surface area (Å²) in [6.45, 7) is 2.02. The van der Waals surface area contributed by atoms with Gasteiger partial charge in [-0.2, -0.15) is 4.31 Å². The van der Waals surface area contributed by atoms with Crippen LogP contribution in [0.2, 0.25) is 0 Å². The molecule has 0 amide bonds. The Morgan fingerprint density at radius 1 is 1.03 bits per heavy atom. The first-order valence-electron chi connectivity index (χ1n) is 10.9. The highest BCUT2D eigenvalue weighted by molar-refractivity contribution is 7.92. The Morgan fingerprint density at radius 3 is 2.34 bits per heavy atom. The molecule has 1 atom stereocenters. The number of para-hydroxylation sites is 2. The van der Waals surface area contributed by atoms with Gasteiger partial charge in [0.2, 0.25) is 26.0 Å². The summed E-state index contributed by atoms with van der Waals surface area (Å²) in [5.74, 6) is 0.147. The lowest BCUT2D eigenvalue weighted by Gasteiger charge is -2.24. The number of imidazole rings is 1. The van der Waals surface area contributed by atoms with E-state index in [9.17, 15) is 21.6 Å². The Labute approximate surface area is 204 Å². The van der Waals surface area contributed by atoms with E-state index < -0.39 is 32.1 Å². The highest BCUT2D eigenvalue weighted by Gasteiger charge is 2.34. The predicted molar refractivity (Wildman–Crippen MR) is 132 cm³/mol. The molecule has 0 aliphatic carbocycles. The van der Waals surface area contributed by atoms with Gasteiger partial charge in [-0.25, -0.2) is 21.8 Å².